The number of allylic oxidation sites excluding steroid dienone is 1. The van der Waals surface area contributed by atoms with E-state index in [9.17, 15) is 0 Å². The van der Waals surface area contributed by atoms with Crippen LogP contribution in [0, 0.1) is 5.92 Å². The number of hydrogen-bond acceptors (Lipinski definition) is 2. The average molecular weight is 300 g/mol. The Morgan fingerprint density at radius 2 is 1.64 bits per heavy atom. The summed E-state index contributed by atoms with van der Waals surface area (Å²) in [6.45, 7) is 15.0. The molecule has 2 nitrogen and oxygen atoms in total. The van der Waals surface area contributed by atoms with Crippen LogP contribution in [0.3, 0.4) is 0 Å². The van der Waals surface area contributed by atoms with E-state index in [-0.39, 0.29) is 0 Å². The van der Waals surface area contributed by atoms with Gasteiger partial charge in [0.1, 0.15) is 0 Å². The van der Waals surface area contributed by atoms with Crippen LogP contribution < -0.4 is 0 Å². The lowest BCUT2D eigenvalue weighted by molar-refractivity contribution is 0.118. The van der Waals surface area contributed by atoms with Crippen LogP contribution >= 0.6 is 0 Å². The van der Waals surface area contributed by atoms with E-state index in [0.29, 0.717) is 6.04 Å². The fourth-order valence-corrected chi connectivity index (χ4v) is 2.98. The van der Waals surface area contributed by atoms with Crippen molar-refractivity contribution >= 4 is 5.57 Å². The molecule has 22 heavy (non-hydrogen) atoms. The van der Waals surface area contributed by atoms with E-state index >= 15 is 0 Å². The third-order valence-electron chi connectivity index (χ3n) is 4.51. The number of nitrogens with zero attached hydrogens (tertiary/aromatic N) is 2. The number of piperazine rings is 1. The second kappa shape index (κ2) is 8.50. The van der Waals surface area contributed by atoms with Crippen molar-refractivity contribution in [2.75, 3.05) is 32.7 Å². The Hall–Kier alpha value is -1.12. The van der Waals surface area contributed by atoms with Crippen molar-refractivity contribution in [1.29, 1.82) is 0 Å². The molecule has 122 valence electrons. The summed E-state index contributed by atoms with van der Waals surface area (Å²) in [4.78, 5) is 5.19. The summed E-state index contributed by atoms with van der Waals surface area (Å²) in [5.41, 5.74) is 2.88. The minimum Gasteiger partial charge on any atom is -0.298 e. The molecule has 0 radical (unpaired) electrons. The molecule has 0 aliphatic carbocycles. The van der Waals surface area contributed by atoms with Crippen molar-refractivity contribution in [2.24, 2.45) is 5.92 Å². The van der Waals surface area contributed by atoms with Gasteiger partial charge >= 0.3 is 0 Å². The number of rotatable bonds is 6. The molecule has 1 aliphatic heterocycles. The van der Waals surface area contributed by atoms with Crippen LogP contribution in [-0.4, -0.2) is 48.6 Å². The molecule has 1 aromatic rings. The van der Waals surface area contributed by atoms with Crippen molar-refractivity contribution in [3.05, 3.63) is 42.0 Å². The second-order valence-corrected chi connectivity index (χ2v) is 7.13. The van der Waals surface area contributed by atoms with Crippen LogP contribution in [0.15, 0.2) is 36.4 Å². The van der Waals surface area contributed by atoms with Gasteiger partial charge in [-0.25, -0.2) is 0 Å². The summed E-state index contributed by atoms with van der Waals surface area (Å²) >= 11 is 0. The molecule has 2 heteroatoms. The van der Waals surface area contributed by atoms with Gasteiger partial charge in [0.2, 0.25) is 0 Å². The van der Waals surface area contributed by atoms with E-state index in [1.165, 1.54) is 37.3 Å². The lowest BCUT2D eigenvalue weighted by atomic mass is 10.0. The number of hydrogen-bond donors (Lipinski definition) is 0. The number of benzene rings is 1. The lowest BCUT2D eigenvalue weighted by Crippen LogP contribution is -2.49. The van der Waals surface area contributed by atoms with E-state index in [0.717, 1.165) is 18.9 Å². The summed E-state index contributed by atoms with van der Waals surface area (Å²) in [5.74, 6) is 0.719. The van der Waals surface area contributed by atoms with Crippen molar-refractivity contribution in [3.63, 3.8) is 0 Å². The smallest absolute Gasteiger partial charge is 0.0237 e. The van der Waals surface area contributed by atoms with E-state index < -0.39 is 0 Å². The summed E-state index contributed by atoms with van der Waals surface area (Å²) < 4.78 is 0. The van der Waals surface area contributed by atoms with Crippen LogP contribution in [0.5, 0.6) is 0 Å². The molecule has 1 fully saturated rings. The van der Waals surface area contributed by atoms with E-state index in [4.69, 9.17) is 0 Å². The van der Waals surface area contributed by atoms with Crippen molar-refractivity contribution in [2.45, 2.75) is 40.2 Å². The summed E-state index contributed by atoms with van der Waals surface area (Å²) in [6, 6.07) is 11.6. The highest BCUT2D eigenvalue weighted by molar-refractivity contribution is 5.66. The molecule has 0 aromatic heterocycles. The van der Waals surface area contributed by atoms with Crippen LogP contribution in [0.2, 0.25) is 0 Å². The van der Waals surface area contributed by atoms with Gasteiger partial charge in [0, 0.05) is 38.8 Å². The molecule has 0 N–H and O–H groups in total. The van der Waals surface area contributed by atoms with Crippen LogP contribution in [0.25, 0.3) is 5.57 Å². The molecule has 0 spiro atoms. The maximum Gasteiger partial charge on any atom is 0.0237 e. The minimum absolute atomic E-state index is 0.673. The molecule has 1 aliphatic rings. The van der Waals surface area contributed by atoms with Gasteiger partial charge < -0.3 is 0 Å². The summed E-state index contributed by atoms with van der Waals surface area (Å²) in [7, 11) is 0. The first-order chi connectivity index (χ1) is 10.6. The molecule has 0 amide bonds. The van der Waals surface area contributed by atoms with Gasteiger partial charge in [-0.05, 0) is 37.3 Å². The van der Waals surface area contributed by atoms with E-state index in [1.54, 1.807) is 0 Å². The zero-order valence-corrected chi connectivity index (χ0v) is 14.8. The quantitative estimate of drug-likeness (QED) is 0.779. The van der Waals surface area contributed by atoms with Crippen molar-refractivity contribution in [3.8, 4) is 0 Å². The highest BCUT2D eigenvalue weighted by Gasteiger charge is 2.19. The van der Waals surface area contributed by atoms with Crippen molar-refractivity contribution < 1.29 is 0 Å². The Kier molecular flexibility index (Phi) is 6.66. The second-order valence-electron chi connectivity index (χ2n) is 7.13. The molecular formula is C20H32N2. The van der Waals surface area contributed by atoms with Gasteiger partial charge in [-0.15, -0.1) is 0 Å². The minimum atomic E-state index is 0.673. The predicted octanol–water partition coefficient (Wildman–Crippen LogP) is 4.14. The first-order valence-corrected chi connectivity index (χ1v) is 8.77. The SMILES string of the molecule is CC(C)C/C=C(/CN1CCN(C(C)C)CC1)c1ccccc1. The highest BCUT2D eigenvalue weighted by Crippen LogP contribution is 2.19. The molecule has 0 saturated carbocycles. The van der Waals surface area contributed by atoms with Gasteiger partial charge in [0.05, 0.1) is 0 Å². The third kappa shape index (κ3) is 5.26. The Morgan fingerprint density at radius 3 is 2.18 bits per heavy atom. The summed E-state index contributed by atoms with van der Waals surface area (Å²) in [6.07, 6.45) is 3.62. The topological polar surface area (TPSA) is 6.48 Å². The molecule has 2 rings (SSSR count). The normalized spacial score (nSPS) is 18.4. The van der Waals surface area contributed by atoms with Crippen molar-refractivity contribution in [1.82, 2.24) is 9.80 Å². The molecule has 1 saturated heterocycles. The van der Waals surface area contributed by atoms with Gasteiger partial charge in [-0.2, -0.15) is 0 Å². The summed E-state index contributed by atoms with van der Waals surface area (Å²) in [5, 5.41) is 0. The van der Waals surface area contributed by atoms with Gasteiger partial charge in [-0.1, -0.05) is 50.3 Å². The van der Waals surface area contributed by atoms with E-state index in [2.05, 4.69) is 73.9 Å². The van der Waals surface area contributed by atoms with Gasteiger partial charge in [0.25, 0.3) is 0 Å². The molecule has 1 heterocycles. The standard InChI is InChI=1S/C20H32N2/c1-17(2)10-11-20(19-8-6-5-7-9-19)16-21-12-14-22(15-13-21)18(3)4/h5-9,11,17-18H,10,12-16H2,1-4H3/b20-11-. The molecule has 0 atom stereocenters. The fourth-order valence-electron chi connectivity index (χ4n) is 2.98. The molecule has 0 bridgehead atoms. The first-order valence-electron chi connectivity index (χ1n) is 8.77. The molecular weight excluding hydrogens is 268 g/mol. The zero-order chi connectivity index (χ0) is 15.9. The highest BCUT2D eigenvalue weighted by atomic mass is 15.3. The average Bonchev–Trinajstić information content (AvgIpc) is 2.52. The van der Waals surface area contributed by atoms with Crippen LogP contribution in [-0.2, 0) is 0 Å². The maximum absolute atomic E-state index is 2.61. The fraction of sp³-hybridized carbons (Fsp3) is 0.600. The van der Waals surface area contributed by atoms with Crippen LogP contribution in [0.1, 0.15) is 39.7 Å². The Morgan fingerprint density at radius 1 is 1.00 bits per heavy atom. The van der Waals surface area contributed by atoms with Gasteiger partial charge in [0.15, 0.2) is 0 Å². The van der Waals surface area contributed by atoms with E-state index in [1.807, 2.05) is 0 Å². The predicted molar refractivity (Wildman–Crippen MR) is 97.0 cm³/mol. The Labute approximate surface area is 136 Å². The molecule has 0 unspecified atom stereocenters. The zero-order valence-electron chi connectivity index (χ0n) is 14.8. The first kappa shape index (κ1) is 17.2. The Balaban J connectivity index is 2.00. The molecule has 1 aromatic carbocycles. The van der Waals surface area contributed by atoms with Crippen LogP contribution in [0.4, 0.5) is 0 Å². The van der Waals surface area contributed by atoms with Gasteiger partial charge in [-0.3, -0.25) is 9.80 Å². The lowest BCUT2D eigenvalue weighted by Gasteiger charge is -2.37. The maximum atomic E-state index is 2.61. The Bertz CT molecular complexity index is 454. The third-order valence-corrected chi connectivity index (χ3v) is 4.51. The largest absolute Gasteiger partial charge is 0.298 e. The monoisotopic (exact) mass is 300 g/mol.